The average Bonchev–Trinajstić information content (AvgIpc) is 3.31. The molecule has 1 atom stereocenters. The zero-order valence-electron chi connectivity index (χ0n) is 17.4. The molecule has 0 spiro atoms. The highest BCUT2D eigenvalue weighted by Gasteiger charge is 2.28. The van der Waals surface area contributed by atoms with E-state index in [0.717, 1.165) is 50.9 Å². The van der Waals surface area contributed by atoms with Crippen LogP contribution in [0.3, 0.4) is 0 Å². The second-order valence-corrected chi connectivity index (χ2v) is 9.19. The Hall–Kier alpha value is -2.08. The summed E-state index contributed by atoms with van der Waals surface area (Å²) in [5.74, 6) is -0.167. The van der Waals surface area contributed by atoms with Crippen LogP contribution in [0.4, 0.5) is 5.69 Å². The molecule has 2 heterocycles. The summed E-state index contributed by atoms with van der Waals surface area (Å²) >= 11 is 12.3. The lowest BCUT2D eigenvalue weighted by Crippen LogP contribution is -2.40. The van der Waals surface area contributed by atoms with Crippen LogP contribution < -0.4 is 5.32 Å². The SMILES string of the molecule is O=C(Nc1ccccc1C(=O)N1CCCC1)C1CCCN(Cc2ccc(Cl)cc2Cl)C1. The van der Waals surface area contributed by atoms with E-state index < -0.39 is 0 Å². The number of anilines is 1. The van der Waals surface area contributed by atoms with Crippen molar-refractivity contribution in [1.29, 1.82) is 0 Å². The number of likely N-dealkylation sites (tertiary alicyclic amines) is 2. The highest BCUT2D eigenvalue weighted by atomic mass is 35.5. The second kappa shape index (κ2) is 10.0. The van der Waals surface area contributed by atoms with Crippen LogP contribution in [-0.4, -0.2) is 47.8 Å². The Morgan fingerprint density at radius 2 is 1.77 bits per heavy atom. The van der Waals surface area contributed by atoms with Crippen molar-refractivity contribution in [2.45, 2.75) is 32.2 Å². The smallest absolute Gasteiger partial charge is 0.255 e. The molecule has 0 aromatic heterocycles. The third-order valence-corrected chi connectivity index (χ3v) is 6.68. The van der Waals surface area contributed by atoms with E-state index in [4.69, 9.17) is 23.2 Å². The number of benzene rings is 2. The highest BCUT2D eigenvalue weighted by molar-refractivity contribution is 6.35. The fourth-order valence-corrected chi connectivity index (χ4v) is 4.88. The summed E-state index contributed by atoms with van der Waals surface area (Å²) in [6.45, 7) is 3.83. The maximum Gasteiger partial charge on any atom is 0.255 e. The molecule has 31 heavy (non-hydrogen) atoms. The van der Waals surface area contributed by atoms with Gasteiger partial charge in [0.25, 0.3) is 5.91 Å². The molecule has 0 radical (unpaired) electrons. The molecule has 2 aliphatic heterocycles. The fraction of sp³-hybridized carbons (Fsp3) is 0.417. The molecule has 1 unspecified atom stereocenters. The number of amides is 2. The molecule has 7 heteroatoms. The van der Waals surface area contributed by atoms with Gasteiger partial charge in [0.2, 0.25) is 5.91 Å². The Morgan fingerprint density at radius 1 is 1.00 bits per heavy atom. The van der Waals surface area contributed by atoms with Crippen molar-refractivity contribution in [2.75, 3.05) is 31.5 Å². The van der Waals surface area contributed by atoms with Gasteiger partial charge in [0.05, 0.1) is 17.2 Å². The number of nitrogens with zero attached hydrogens (tertiary/aromatic N) is 2. The molecule has 2 saturated heterocycles. The molecule has 5 nitrogen and oxygen atoms in total. The molecule has 2 fully saturated rings. The van der Waals surface area contributed by atoms with Gasteiger partial charge in [-0.1, -0.05) is 41.4 Å². The fourth-order valence-electron chi connectivity index (χ4n) is 4.41. The van der Waals surface area contributed by atoms with Crippen LogP contribution in [0.15, 0.2) is 42.5 Å². The van der Waals surface area contributed by atoms with E-state index in [1.54, 1.807) is 12.1 Å². The van der Waals surface area contributed by atoms with Gasteiger partial charge >= 0.3 is 0 Å². The Kier molecular flexibility index (Phi) is 7.16. The number of hydrogen-bond donors (Lipinski definition) is 1. The Labute approximate surface area is 193 Å². The summed E-state index contributed by atoms with van der Waals surface area (Å²) in [5, 5.41) is 4.30. The molecule has 1 N–H and O–H groups in total. The number of rotatable bonds is 5. The standard InChI is InChI=1S/C24H27Cl2N3O2/c25-19-10-9-17(21(26)14-19)15-28-11-5-6-18(16-28)23(30)27-22-8-2-1-7-20(22)24(31)29-12-3-4-13-29/h1-2,7-10,14,18H,3-6,11-13,15-16H2,(H,27,30). The van der Waals surface area contributed by atoms with Crippen molar-refractivity contribution in [3.05, 3.63) is 63.6 Å². The number of para-hydroxylation sites is 1. The summed E-state index contributed by atoms with van der Waals surface area (Å²) in [4.78, 5) is 30.1. The van der Waals surface area contributed by atoms with Gasteiger partial charge in [-0.2, -0.15) is 0 Å². The first-order valence-corrected chi connectivity index (χ1v) is 11.6. The molecule has 4 rings (SSSR count). The van der Waals surface area contributed by atoms with Crippen LogP contribution in [0.2, 0.25) is 10.0 Å². The number of halogens is 2. The van der Waals surface area contributed by atoms with Gasteiger partial charge in [0.15, 0.2) is 0 Å². The number of carbonyl (C=O) groups excluding carboxylic acids is 2. The molecule has 2 amide bonds. The van der Waals surface area contributed by atoms with Crippen LogP contribution in [0.5, 0.6) is 0 Å². The first-order chi connectivity index (χ1) is 15.0. The zero-order valence-corrected chi connectivity index (χ0v) is 19.0. The van der Waals surface area contributed by atoms with Crippen LogP contribution in [-0.2, 0) is 11.3 Å². The third kappa shape index (κ3) is 5.40. The van der Waals surface area contributed by atoms with Gasteiger partial charge in [-0.15, -0.1) is 0 Å². The molecule has 0 saturated carbocycles. The minimum absolute atomic E-state index is 0.00366. The van der Waals surface area contributed by atoms with E-state index in [0.29, 0.717) is 34.4 Å². The summed E-state index contributed by atoms with van der Waals surface area (Å²) in [7, 11) is 0. The van der Waals surface area contributed by atoms with E-state index in [2.05, 4.69) is 10.2 Å². The van der Waals surface area contributed by atoms with Crippen LogP contribution in [0, 0.1) is 5.92 Å². The molecule has 164 valence electrons. The first-order valence-electron chi connectivity index (χ1n) is 10.9. The molecule has 0 aliphatic carbocycles. The number of hydrogen-bond acceptors (Lipinski definition) is 3. The lowest BCUT2D eigenvalue weighted by molar-refractivity contribution is -0.121. The van der Waals surface area contributed by atoms with Gasteiger partial charge in [-0.25, -0.2) is 0 Å². The summed E-state index contributed by atoms with van der Waals surface area (Å²) in [5.41, 5.74) is 2.18. The molecule has 2 aliphatic rings. The zero-order chi connectivity index (χ0) is 21.8. The van der Waals surface area contributed by atoms with E-state index in [1.807, 2.05) is 35.2 Å². The van der Waals surface area contributed by atoms with E-state index in [-0.39, 0.29) is 17.7 Å². The van der Waals surface area contributed by atoms with Gasteiger partial charge in [-0.05, 0) is 62.1 Å². The van der Waals surface area contributed by atoms with Crippen LogP contribution in [0.1, 0.15) is 41.6 Å². The van der Waals surface area contributed by atoms with Gasteiger partial charge in [0, 0.05) is 36.2 Å². The predicted molar refractivity (Wildman–Crippen MR) is 125 cm³/mol. The molecule has 2 aromatic carbocycles. The van der Waals surface area contributed by atoms with Crippen LogP contribution in [0.25, 0.3) is 0 Å². The van der Waals surface area contributed by atoms with Crippen molar-refractivity contribution in [3.8, 4) is 0 Å². The maximum absolute atomic E-state index is 13.1. The van der Waals surface area contributed by atoms with Gasteiger partial charge < -0.3 is 10.2 Å². The van der Waals surface area contributed by atoms with Gasteiger partial charge in [-0.3, -0.25) is 14.5 Å². The van der Waals surface area contributed by atoms with E-state index in [1.165, 1.54) is 0 Å². The quantitative estimate of drug-likeness (QED) is 0.677. The minimum atomic E-state index is -0.130. The van der Waals surface area contributed by atoms with E-state index in [9.17, 15) is 9.59 Å². The number of nitrogens with one attached hydrogen (secondary N) is 1. The predicted octanol–water partition coefficient (Wildman–Crippen LogP) is 5.08. The van der Waals surface area contributed by atoms with Crippen molar-refractivity contribution in [2.24, 2.45) is 5.92 Å². The van der Waals surface area contributed by atoms with Crippen LogP contribution >= 0.6 is 23.2 Å². The van der Waals surface area contributed by atoms with Crippen molar-refractivity contribution >= 4 is 40.7 Å². The minimum Gasteiger partial charge on any atom is -0.339 e. The average molecular weight is 460 g/mol. The largest absolute Gasteiger partial charge is 0.339 e. The molecular formula is C24H27Cl2N3O2. The summed E-state index contributed by atoms with van der Waals surface area (Å²) < 4.78 is 0. The summed E-state index contributed by atoms with van der Waals surface area (Å²) in [6.07, 6.45) is 3.85. The molecular weight excluding hydrogens is 433 g/mol. The lowest BCUT2D eigenvalue weighted by Gasteiger charge is -2.32. The topological polar surface area (TPSA) is 52.7 Å². The normalized spacial score (nSPS) is 19.4. The number of piperidine rings is 1. The first kappa shape index (κ1) is 22.1. The Balaban J connectivity index is 1.41. The Bertz CT molecular complexity index is 960. The Morgan fingerprint density at radius 3 is 2.55 bits per heavy atom. The highest BCUT2D eigenvalue weighted by Crippen LogP contribution is 2.26. The molecule has 2 aromatic rings. The number of carbonyl (C=O) groups is 2. The van der Waals surface area contributed by atoms with Crippen molar-refractivity contribution in [1.82, 2.24) is 9.80 Å². The maximum atomic E-state index is 13.1. The summed E-state index contributed by atoms with van der Waals surface area (Å²) in [6, 6.07) is 12.8. The van der Waals surface area contributed by atoms with Crippen molar-refractivity contribution < 1.29 is 9.59 Å². The van der Waals surface area contributed by atoms with Gasteiger partial charge in [0.1, 0.15) is 0 Å². The lowest BCUT2D eigenvalue weighted by atomic mass is 9.96. The van der Waals surface area contributed by atoms with Crippen molar-refractivity contribution in [3.63, 3.8) is 0 Å². The monoisotopic (exact) mass is 459 g/mol. The third-order valence-electron chi connectivity index (χ3n) is 6.09. The molecule has 0 bridgehead atoms. The van der Waals surface area contributed by atoms with E-state index >= 15 is 0 Å². The second-order valence-electron chi connectivity index (χ2n) is 8.34.